The Morgan fingerprint density at radius 3 is 2.88 bits per heavy atom. The van der Waals surface area contributed by atoms with Crippen LogP contribution in [0.1, 0.15) is 18.9 Å². The fraction of sp³-hybridized carbons (Fsp3) is 0.417. The molecule has 0 aliphatic carbocycles. The van der Waals surface area contributed by atoms with Crippen molar-refractivity contribution in [2.45, 2.75) is 19.8 Å². The molecule has 1 N–H and O–H groups in total. The SMILES string of the molecule is COc1cc(Br)ccc1CCCNC(C)=O. The van der Waals surface area contributed by atoms with Gasteiger partial charge in [0, 0.05) is 17.9 Å². The Morgan fingerprint density at radius 1 is 1.50 bits per heavy atom. The van der Waals surface area contributed by atoms with Crippen LogP contribution >= 0.6 is 15.9 Å². The molecule has 4 heteroatoms. The number of ether oxygens (including phenoxy) is 1. The highest BCUT2D eigenvalue weighted by Crippen LogP contribution is 2.24. The molecular formula is C12H16BrNO2. The fourth-order valence-electron chi connectivity index (χ4n) is 1.47. The lowest BCUT2D eigenvalue weighted by atomic mass is 10.1. The molecule has 0 saturated carbocycles. The predicted molar refractivity (Wildman–Crippen MR) is 67.7 cm³/mol. The van der Waals surface area contributed by atoms with Gasteiger partial charge >= 0.3 is 0 Å². The van der Waals surface area contributed by atoms with Crippen molar-refractivity contribution in [1.82, 2.24) is 5.32 Å². The van der Waals surface area contributed by atoms with Gasteiger partial charge in [0.1, 0.15) is 5.75 Å². The molecule has 88 valence electrons. The van der Waals surface area contributed by atoms with Crippen molar-refractivity contribution < 1.29 is 9.53 Å². The number of hydrogen-bond donors (Lipinski definition) is 1. The number of carbonyl (C=O) groups is 1. The minimum Gasteiger partial charge on any atom is -0.496 e. The van der Waals surface area contributed by atoms with Gasteiger partial charge in [-0.15, -0.1) is 0 Å². The van der Waals surface area contributed by atoms with Crippen LogP contribution in [-0.4, -0.2) is 19.6 Å². The summed E-state index contributed by atoms with van der Waals surface area (Å²) in [7, 11) is 1.67. The third-order valence-electron chi connectivity index (χ3n) is 2.25. The van der Waals surface area contributed by atoms with Crippen LogP contribution in [0.4, 0.5) is 0 Å². The van der Waals surface area contributed by atoms with Crippen LogP contribution in [0, 0.1) is 0 Å². The van der Waals surface area contributed by atoms with E-state index < -0.39 is 0 Å². The summed E-state index contributed by atoms with van der Waals surface area (Å²) in [5.41, 5.74) is 1.16. The van der Waals surface area contributed by atoms with E-state index >= 15 is 0 Å². The van der Waals surface area contributed by atoms with E-state index in [4.69, 9.17) is 4.74 Å². The molecule has 0 saturated heterocycles. The summed E-state index contributed by atoms with van der Waals surface area (Å²) in [6.07, 6.45) is 1.81. The number of hydrogen-bond acceptors (Lipinski definition) is 2. The van der Waals surface area contributed by atoms with Gasteiger partial charge in [-0.1, -0.05) is 22.0 Å². The highest BCUT2D eigenvalue weighted by atomic mass is 79.9. The van der Waals surface area contributed by atoms with Crippen molar-refractivity contribution in [3.63, 3.8) is 0 Å². The molecule has 1 aromatic rings. The molecule has 3 nitrogen and oxygen atoms in total. The lowest BCUT2D eigenvalue weighted by molar-refractivity contribution is -0.118. The van der Waals surface area contributed by atoms with E-state index in [1.807, 2.05) is 18.2 Å². The largest absolute Gasteiger partial charge is 0.496 e. The van der Waals surface area contributed by atoms with Crippen LogP contribution in [0.3, 0.4) is 0 Å². The number of carbonyl (C=O) groups excluding carboxylic acids is 1. The number of aryl methyl sites for hydroxylation is 1. The Bertz CT molecular complexity index is 366. The molecule has 1 rings (SSSR count). The van der Waals surface area contributed by atoms with Crippen molar-refractivity contribution in [3.05, 3.63) is 28.2 Å². The molecule has 0 fully saturated rings. The zero-order valence-electron chi connectivity index (χ0n) is 9.55. The third kappa shape index (κ3) is 4.23. The van der Waals surface area contributed by atoms with Crippen molar-refractivity contribution in [2.24, 2.45) is 0 Å². The molecule has 1 aromatic carbocycles. The predicted octanol–water partition coefficient (Wildman–Crippen LogP) is 2.53. The van der Waals surface area contributed by atoms with Crippen molar-refractivity contribution in [2.75, 3.05) is 13.7 Å². The highest BCUT2D eigenvalue weighted by molar-refractivity contribution is 9.10. The van der Waals surface area contributed by atoms with Gasteiger partial charge in [-0.3, -0.25) is 4.79 Å². The molecule has 0 spiro atoms. The molecule has 0 aliphatic heterocycles. The smallest absolute Gasteiger partial charge is 0.216 e. The molecule has 0 aliphatic rings. The lowest BCUT2D eigenvalue weighted by Crippen LogP contribution is -2.21. The second kappa shape index (κ2) is 6.53. The average Bonchev–Trinajstić information content (AvgIpc) is 2.25. The van der Waals surface area contributed by atoms with Gasteiger partial charge in [-0.25, -0.2) is 0 Å². The van der Waals surface area contributed by atoms with E-state index in [-0.39, 0.29) is 5.91 Å². The number of methoxy groups -OCH3 is 1. The van der Waals surface area contributed by atoms with Gasteiger partial charge in [-0.2, -0.15) is 0 Å². The first-order chi connectivity index (χ1) is 7.63. The third-order valence-corrected chi connectivity index (χ3v) is 2.74. The van der Waals surface area contributed by atoms with Crippen LogP contribution < -0.4 is 10.1 Å². The Hall–Kier alpha value is -1.03. The van der Waals surface area contributed by atoms with Crippen LogP contribution in [0.25, 0.3) is 0 Å². The van der Waals surface area contributed by atoms with E-state index in [9.17, 15) is 4.79 Å². The summed E-state index contributed by atoms with van der Waals surface area (Å²) in [6, 6.07) is 5.99. The summed E-state index contributed by atoms with van der Waals surface area (Å²) in [5.74, 6) is 0.903. The van der Waals surface area contributed by atoms with Gasteiger partial charge in [0.15, 0.2) is 0 Å². The van der Waals surface area contributed by atoms with Crippen LogP contribution in [-0.2, 0) is 11.2 Å². The normalized spacial score (nSPS) is 9.94. The number of rotatable bonds is 5. The molecule has 0 aromatic heterocycles. The zero-order chi connectivity index (χ0) is 12.0. The molecule has 1 amide bonds. The first-order valence-corrected chi connectivity index (χ1v) is 5.99. The van der Waals surface area contributed by atoms with Crippen LogP contribution in [0.5, 0.6) is 5.75 Å². The standard InChI is InChI=1S/C12H16BrNO2/c1-9(15)14-7-3-4-10-5-6-11(13)8-12(10)16-2/h5-6,8H,3-4,7H2,1-2H3,(H,14,15). The minimum absolute atomic E-state index is 0.0165. The number of halogens is 1. The Kier molecular flexibility index (Phi) is 5.32. The van der Waals surface area contributed by atoms with Crippen LogP contribution in [0.2, 0.25) is 0 Å². The first kappa shape index (κ1) is 13.0. The summed E-state index contributed by atoms with van der Waals surface area (Å²) >= 11 is 3.40. The maximum Gasteiger partial charge on any atom is 0.216 e. The molecular weight excluding hydrogens is 270 g/mol. The zero-order valence-corrected chi connectivity index (χ0v) is 11.1. The topological polar surface area (TPSA) is 38.3 Å². The fourth-order valence-corrected chi connectivity index (χ4v) is 1.81. The maximum absolute atomic E-state index is 10.7. The summed E-state index contributed by atoms with van der Waals surface area (Å²) in [4.78, 5) is 10.7. The Labute approximate surface area is 104 Å². The molecule has 0 heterocycles. The number of nitrogens with one attached hydrogen (secondary N) is 1. The van der Waals surface area contributed by atoms with Crippen molar-refractivity contribution in [3.8, 4) is 5.75 Å². The van der Waals surface area contributed by atoms with Gasteiger partial charge in [0.25, 0.3) is 0 Å². The van der Waals surface area contributed by atoms with E-state index in [0.717, 1.165) is 28.6 Å². The molecule has 0 atom stereocenters. The second-order valence-electron chi connectivity index (χ2n) is 3.54. The average molecular weight is 286 g/mol. The van der Waals surface area contributed by atoms with Gasteiger partial charge in [0.2, 0.25) is 5.91 Å². The molecule has 0 radical (unpaired) electrons. The van der Waals surface area contributed by atoms with Gasteiger partial charge in [0.05, 0.1) is 7.11 Å². The highest BCUT2D eigenvalue weighted by Gasteiger charge is 2.03. The Morgan fingerprint density at radius 2 is 2.25 bits per heavy atom. The van der Waals surface area contributed by atoms with E-state index in [2.05, 4.69) is 21.2 Å². The van der Waals surface area contributed by atoms with Crippen LogP contribution in [0.15, 0.2) is 22.7 Å². The summed E-state index contributed by atoms with van der Waals surface area (Å²) in [5, 5.41) is 2.78. The first-order valence-electron chi connectivity index (χ1n) is 5.20. The quantitative estimate of drug-likeness (QED) is 0.845. The summed E-state index contributed by atoms with van der Waals surface area (Å²) < 4.78 is 6.30. The molecule has 16 heavy (non-hydrogen) atoms. The monoisotopic (exact) mass is 285 g/mol. The molecule has 0 unspecified atom stereocenters. The second-order valence-corrected chi connectivity index (χ2v) is 4.46. The molecule has 0 bridgehead atoms. The summed E-state index contributed by atoms with van der Waals surface area (Å²) in [6.45, 7) is 2.23. The van der Waals surface area contributed by atoms with Crippen molar-refractivity contribution >= 4 is 21.8 Å². The van der Waals surface area contributed by atoms with Gasteiger partial charge in [-0.05, 0) is 30.5 Å². The van der Waals surface area contributed by atoms with E-state index in [1.165, 1.54) is 6.92 Å². The van der Waals surface area contributed by atoms with Gasteiger partial charge < -0.3 is 10.1 Å². The van der Waals surface area contributed by atoms with E-state index in [0.29, 0.717) is 6.54 Å². The number of benzene rings is 1. The lowest BCUT2D eigenvalue weighted by Gasteiger charge is -2.09. The maximum atomic E-state index is 10.7. The Balaban J connectivity index is 2.50. The van der Waals surface area contributed by atoms with E-state index in [1.54, 1.807) is 7.11 Å². The number of amides is 1. The van der Waals surface area contributed by atoms with Crippen molar-refractivity contribution in [1.29, 1.82) is 0 Å². The minimum atomic E-state index is 0.0165.